The van der Waals surface area contributed by atoms with Crippen LogP contribution < -0.4 is 0 Å². The molecule has 0 heterocycles. The lowest BCUT2D eigenvalue weighted by Gasteiger charge is -2.16. The zero-order valence-electron chi connectivity index (χ0n) is 25.2. The first-order valence-electron chi connectivity index (χ1n) is 15.7. The molecule has 0 aromatic carbocycles. The second kappa shape index (κ2) is 31.3. The van der Waals surface area contributed by atoms with Crippen LogP contribution in [0, 0.1) is 0 Å². The third-order valence-electron chi connectivity index (χ3n) is 6.56. The summed E-state index contributed by atoms with van der Waals surface area (Å²) in [4.78, 5) is 0. The molecule has 0 aliphatic rings. The monoisotopic (exact) mass is 630 g/mol. The van der Waals surface area contributed by atoms with Crippen molar-refractivity contribution in [2.24, 2.45) is 0 Å². The van der Waals surface area contributed by atoms with E-state index in [0.29, 0.717) is 0 Å². The number of rotatable bonds is 32. The molecule has 3 nitrogen and oxygen atoms in total. The molecule has 0 radical (unpaired) electrons. The Morgan fingerprint density at radius 3 is 1.16 bits per heavy atom. The quantitative estimate of drug-likeness (QED) is 0.0416. The van der Waals surface area contributed by atoms with Crippen LogP contribution in [-0.2, 0) is 14.3 Å². The second-order valence-corrected chi connectivity index (χ2v) is 17.3. The van der Waals surface area contributed by atoms with Crippen LogP contribution in [0.4, 0.5) is 0 Å². The highest BCUT2D eigenvalue weighted by atomic mass is 32.2. The molecule has 0 aliphatic carbocycles. The number of hydrogen-bond donors (Lipinski definition) is 0. The summed E-state index contributed by atoms with van der Waals surface area (Å²) >= 11 is 8.39. The summed E-state index contributed by atoms with van der Waals surface area (Å²) < 4.78 is 28.8. The summed E-state index contributed by atoms with van der Waals surface area (Å²) in [5.74, 6) is 5.23. The topological polar surface area (TPSA) is 43.4 Å². The first-order valence-corrected chi connectivity index (χ1v) is 22.1. The molecule has 0 saturated heterocycles. The van der Waals surface area contributed by atoms with Gasteiger partial charge in [0.2, 0.25) is 0 Å². The van der Waals surface area contributed by atoms with E-state index in [0.717, 1.165) is 25.7 Å². The van der Waals surface area contributed by atoms with Crippen molar-refractivity contribution in [3.8, 4) is 0 Å². The average molecular weight is 631 g/mol. The van der Waals surface area contributed by atoms with E-state index in [1.807, 2.05) is 0 Å². The second-order valence-electron chi connectivity index (χ2n) is 10.5. The molecule has 0 aromatic rings. The van der Waals surface area contributed by atoms with Crippen LogP contribution in [0.1, 0.15) is 142 Å². The van der Waals surface area contributed by atoms with E-state index in [2.05, 4.69) is 60.9 Å². The van der Waals surface area contributed by atoms with Crippen LogP contribution in [-0.4, -0.2) is 54.0 Å². The van der Waals surface area contributed by atoms with Gasteiger partial charge in [-0.2, -0.15) is 55.5 Å². The van der Waals surface area contributed by atoms with Gasteiger partial charge in [0.05, 0.1) is 12.4 Å². The number of unbranched alkanes of at least 4 members (excludes halogenated alkanes) is 14. The molecule has 38 heavy (non-hydrogen) atoms. The molecule has 0 fully saturated rings. The highest BCUT2D eigenvalue weighted by Gasteiger charge is 2.15. The highest BCUT2D eigenvalue weighted by molar-refractivity contribution is 8.16. The summed E-state index contributed by atoms with van der Waals surface area (Å²) in [7, 11) is -3.37. The Hall–Kier alpha value is 1.31. The highest BCUT2D eigenvalue weighted by Crippen LogP contribution is 2.20. The normalized spacial score (nSPS) is 12.1. The van der Waals surface area contributed by atoms with Crippen molar-refractivity contribution in [1.29, 1.82) is 0 Å². The van der Waals surface area contributed by atoms with Crippen LogP contribution in [0.3, 0.4) is 0 Å². The molecular formula is C30H62O3S5. The number of thioether (sulfide) groups is 4. The van der Waals surface area contributed by atoms with Crippen molar-refractivity contribution in [2.45, 2.75) is 148 Å². The van der Waals surface area contributed by atoms with Crippen LogP contribution in [0.25, 0.3) is 0 Å². The summed E-state index contributed by atoms with van der Waals surface area (Å²) in [6.45, 7) is 4.53. The summed E-state index contributed by atoms with van der Waals surface area (Å²) in [6.07, 6.45) is 26.0. The molecule has 230 valence electrons. The van der Waals surface area contributed by atoms with Crippen LogP contribution >= 0.6 is 47.0 Å². The zero-order valence-corrected chi connectivity index (χ0v) is 29.3. The van der Waals surface area contributed by atoms with Crippen LogP contribution in [0.5, 0.6) is 0 Å². The van der Waals surface area contributed by atoms with Gasteiger partial charge >= 0.3 is 0 Å². The van der Waals surface area contributed by atoms with Gasteiger partial charge in [-0.1, -0.05) is 104 Å². The Morgan fingerprint density at radius 2 is 0.816 bits per heavy atom. The molecule has 8 heteroatoms. The van der Waals surface area contributed by atoms with E-state index in [1.165, 1.54) is 142 Å². The van der Waals surface area contributed by atoms with Gasteiger partial charge in [-0.05, 0) is 61.5 Å². The minimum absolute atomic E-state index is 0.123. The Bertz CT molecular complexity index is 528. The molecule has 0 bridgehead atoms. The minimum atomic E-state index is -3.37. The van der Waals surface area contributed by atoms with Gasteiger partial charge in [0.15, 0.2) is 0 Å². The summed E-state index contributed by atoms with van der Waals surface area (Å²) in [6, 6.07) is 0. The largest absolute Gasteiger partial charge is 0.267 e. The van der Waals surface area contributed by atoms with E-state index >= 15 is 0 Å². The van der Waals surface area contributed by atoms with E-state index in [-0.39, 0.29) is 6.10 Å². The predicted molar refractivity (Wildman–Crippen MR) is 183 cm³/mol. The van der Waals surface area contributed by atoms with Gasteiger partial charge < -0.3 is 0 Å². The molecule has 0 aliphatic heterocycles. The van der Waals surface area contributed by atoms with Crippen molar-refractivity contribution >= 4 is 57.2 Å². The Kier molecular flexibility index (Phi) is 32.3. The van der Waals surface area contributed by atoms with Gasteiger partial charge in [0, 0.05) is 10.2 Å². The lowest BCUT2D eigenvalue weighted by molar-refractivity contribution is 0.182. The fourth-order valence-electron chi connectivity index (χ4n) is 4.32. The van der Waals surface area contributed by atoms with Gasteiger partial charge in [0.25, 0.3) is 10.1 Å². The maximum atomic E-state index is 11.7. The Labute approximate surface area is 256 Å². The number of hydrogen-bond acceptors (Lipinski definition) is 7. The molecule has 0 amide bonds. The maximum absolute atomic E-state index is 11.7. The SMILES string of the molecule is CCCCCSCSCCCCCCCCC(CCCCCCCCSCSCCCCC)OS(C)(=O)=O. The first kappa shape index (κ1) is 39.3. The molecule has 0 saturated carbocycles. The Balaban J connectivity index is 3.62. The third kappa shape index (κ3) is 33.5. The first-order chi connectivity index (χ1) is 18.5. The molecule has 0 N–H and O–H groups in total. The van der Waals surface area contributed by atoms with E-state index in [9.17, 15) is 8.42 Å². The van der Waals surface area contributed by atoms with Crippen LogP contribution in [0.15, 0.2) is 0 Å². The maximum Gasteiger partial charge on any atom is 0.264 e. The third-order valence-corrected chi connectivity index (χ3v) is 12.2. The van der Waals surface area contributed by atoms with Crippen molar-refractivity contribution in [3.05, 3.63) is 0 Å². The lowest BCUT2D eigenvalue weighted by atomic mass is 10.0. The molecule has 0 aromatic heterocycles. The minimum Gasteiger partial charge on any atom is -0.267 e. The average Bonchev–Trinajstić information content (AvgIpc) is 2.88. The van der Waals surface area contributed by atoms with Crippen LogP contribution in [0.2, 0.25) is 0 Å². The van der Waals surface area contributed by atoms with E-state index in [1.54, 1.807) is 0 Å². The lowest BCUT2D eigenvalue weighted by Crippen LogP contribution is -2.17. The fourth-order valence-corrected chi connectivity index (χ4v) is 9.46. The smallest absolute Gasteiger partial charge is 0.264 e. The molecular weight excluding hydrogens is 569 g/mol. The zero-order chi connectivity index (χ0) is 28.0. The molecule has 0 spiro atoms. The summed E-state index contributed by atoms with van der Waals surface area (Å²) in [5, 5.41) is 2.51. The van der Waals surface area contributed by atoms with E-state index < -0.39 is 10.1 Å². The fraction of sp³-hybridized carbons (Fsp3) is 1.00. The Morgan fingerprint density at radius 1 is 0.500 bits per heavy atom. The standard InChI is InChI=1S/C30H62O3S5/c1-4-6-18-24-34-28-36-26-20-14-10-8-12-16-22-30(33-38(3,31)32)23-17-13-9-11-15-21-27-37-29-35-25-19-7-5-2/h30H,4-29H2,1-3H3. The van der Waals surface area contributed by atoms with Gasteiger partial charge in [0.1, 0.15) is 0 Å². The van der Waals surface area contributed by atoms with E-state index in [4.69, 9.17) is 4.18 Å². The van der Waals surface area contributed by atoms with Crippen molar-refractivity contribution in [2.75, 3.05) is 39.4 Å². The van der Waals surface area contributed by atoms with Crippen molar-refractivity contribution in [3.63, 3.8) is 0 Å². The van der Waals surface area contributed by atoms with Gasteiger partial charge in [-0.15, -0.1) is 0 Å². The van der Waals surface area contributed by atoms with Gasteiger partial charge in [-0.3, -0.25) is 4.18 Å². The summed E-state index contributed by atoms with van der Waals surface area (Å²) in [5.41, 5.74) is 0. The molecule has 0 unspecified atom stereocenters. The van der Waals surface area contributed by atoms with Gasteiger partial charge in [-0.25, -0.2) is 0 Å². The molecule has 0 rings (SSSR count). The van der Waals surface area contributed by atoms with Crippen molar-refractivity contribution < 1.29 is 12.6 Å². The van der Waals surface area contributed by atoms with Crippen molar-refractivity contribution in [1.82, 2.24) is 0 Å². The molecule has 0 atom stereocenters. The predicted octanol–water partition coefficient (Wildman–Crippen LogP) is 11.0.